The predicted molar refractivity (Wildman–Crippen MR) is 96.8 cm³/mol. The number of hydrogen-bond donors (Lipinski definition) is 1. The van der Waals surface area contributed by atoms with Crippen LogP contribution in [0.2, 0.25) is 0 Å². The molecule has 1 atom stereocenters. The highest BCUT2D eigenvalue weighted by Crippen LogP contribution is 2.26. The van der Waals surface area contributed by atoms with Crippen LogP contribution in [0.15, 0.2) is 4.99 Å². The maximum atomic E-state index is 4.46. The second-order valence-corrected chi connectivity index (χ2v) is 7.17. The number of nitrogens with one attached hydrogen (secondary N) is 1. The quantitative estimate of drug-likeness (QED) is 0.451. The lowest BCUT2D eigenvalue weighted by atomic mass is 9.85. The molecule has 0 aromatic rings. The molecule has 0 radical (unpaired) electrons. The summed E-state index contributed by atoms with van der Waals surface area (Å²) in [5.41, 5.74) is 0. The zero-order valence-electron chi connectivity index (χ0n) is 12.4. The van der Waals surface area contributed by atoms with E-state index in [0.29, 0.717) is 0 Å². The van der Waals surface area contributed by atoms with Crippen molar-refractivity contribution in [3.05, 3.63) is 0 Å². The van der Waals surface area contributed by atoms with Gasteiger partial charge in [-0.25, -0.2) is 0 Å². The molecule has 5 heteroatoms. The van der Waals surface area contributed by atoms with Gasteiger partial charge >= 0.3 is 0 Å². The zero-order chi connectivity index (χ0) is 13.0. The summed E-state index contributed by atoms with van der Waals surface area (Å²) in [5, 5.41) is 4.32. The summed E-state index contributed by atoms with van der Waals surface area (Å²) >= 11 is 2.12. The molecule has 1 heterocycles. The van der Waals surface area contributed by atoms with Crippen molar-refractivity contribution in [2.24, 2.45) is 16.8 Å². The Morgan fingerprint density at radius 3 is 2.68 bits per heavy atom. The molecule has 112 valence electrons. The molecule has 1 saturated carbocycles. The molecular weight excluding hydrogens is 369 g/mol. The third-order valence-corrected chi connectivity index (χ3v) is 5.66. The second kappa shape index (κ2) is 8.60. The van der Waals surface area contributed by atoms with Gasteiger partial charge in [-0.05, 0) is 24.7 Å². The van der Waals surface area contributed by atoms with Crippen molar-refractivity contribution in [1.29, 1.82) is 0 Å². The van der Waals surface area contributed by atoms with E-state index in [4.69, 9.17) is 0 Å². The predicted octanol–water partition coefficient (Wildman–Crippen LogP) is 3.05. The Morgan fingerprint density at radius 2 is 2.16 bits per heavy atom. The first-order valence-corrected chi connectivity index (χ1v) is 8.32. The minimum Gasteiger partial charge on any atom is -0.356 e. The topological polar surface area (TPSA) is 27.6 Å². The second-order valence-electron chi connectivity index (χ2n) is 5.82. The van der Waals surface area contributed by atoms with Crippen LogP contribution in [0.4, 0.5) is 0 Å². The number of thioether (sulfide) groups is 1. The summed E-state index contributed by atoms with van der Waals surface area (Å²) in [7, 11) is 1.91. The summed E-state index contributed by atoms with van der Waals surface area (Å²) in [5.74, 6) is 3.99. The fraction of sp³-hybridized carbons (Fsp3) is 0.929. The SMILES string of the molecule is CN=C(NCC1CCC1)N1CCSC(C(C)C)C1.I. The van der Waals surface area contributed by atoms with Crippen LogP contribution in [0.3, 0.4) is 0 Å². The van der Waals surface area contributed by atoms with Crippen molar-refractivity contribution in [1.82, 2.24) is 10.2 Å². The summed E-state index contributed by atoms with van der Waals surface area (Å²) < 4.78 is 0. The lowest BCUT2D eigenvalue weighted by molar-refractivity contribution is 0.306. The molecule has 3 nitrogen and oxygen atoms in total. The van der Waals surface area contributed by atoms with E-state index >= 15 is 0 Å². The van der Waals surface area contributed by atoms with Crippen molar-refractivity contribution >= 4 is 41.7 Å². The highest BCUT2D eigenvalue weighted by Gasteiger charge is 2.25. The average Bonchev–Trinajstić information content (AvgIpc) is 2.32. The van der Waals surface area contributed by atoms with Gasteiger partial charge < -0.3 is 10.2 Å². The van der Waals surface area contributed by atoms with Crippen molar-refractivity contribution in [3.63, 3.8) is 0 Å². The molecule has 1 unspecified atom stereocenters. The van der Waals surface area contributed by atoms with Gasteiger partial charge in [0.25, 0.3) is 0 Å². The summed E-state index contributed by atoms with van der Waals surface area (Å²) in [6, 6.07) is 0. The molecule has 0 aromatic heterocycles. The van der Waals surface area contributed by atoms with Gasteiger partial charge in [-0.3, -0.25) is 4.99 Å². The number of guanidine groups is 1. The Balaban J connectivity index is 0.00000180. The van der Waals surface area contributed by atoms with Crippen LogP contribution in [0.1, 0.15) is 33.1 Å². The van der Waals surface area contributed by atoms with E-state index in [1.807, 2.05) is 7.05 Å². The van der Waals surface area contributed by atoms with Crippen LogP contribution in [0.25, 0.3) is 0 Å². The lowest BCUT2D eigenvalue weighted by Crippen LogP contribution is -2.50. The molecule has 1 aliphatic heterocycles. The van der Waals surface area contributed by atoms with Gasteiger partial charge in [0.05, 0.1) is 0 Å². The normalized spacial score (nSPS) is 24.9. The standard InChI is InChI=1S/C14H27N3S.HI/c1-11(2)13-10-17(7-8-18-13)14(15-3)16-9-12-5-4-6-12;/h11-13H,4-10H2,1-3H3,(H,15,16);1H. The highest BCUT2D eigenvalue weighted by atomic mass is 127. The Hall–Kier alpha value is 0.350. The Morgan fingerprint density at radius 1 is 1.42 bits per heavy atom. The lowest BCUT2D eigenvalue weighted by Gasteiger charge is -2.37. The van der Waals surface area contributed by atoms with Crippen molar-refractivity contribution in [2.45, 2.75) is 38.4 Å². The maximum Gasteiger partial charge on any atom is 0.193 e. The molecular formula is C14H28IN3S. The summed E-state index contributed by atoms with van der Waals surface area (Å²) in [4.78, 5) is 6.90. The molecule has 19 heavy (non-hydrogen) atoms. The molecule has 0 amide bonds. The Bertz CT molecular complexity index is 292. The molecule has 1 saturated heterocycles. The van der Waals surface area contributed by atoms with E-state index in [0.717, 1.165) is 42.7 Å². The van der Waals surface area contributed by atoms with Gasteiger partial charge in [-0.2, -0.15) is 11.8 Å². The zero-order valence-corrected chi connectivity index (χ0v) is 15.5. The fourth-order valence-corrected chi connectivity index (χ4v) is 3.83. The summed E-state index contributed by atoms with van der Waals surface area (Å²) in [6.07, 6.45) is 4.21. The monoisotopic (exact) mass is 397 g/mol. The van der Waals surface area contributed by atoms with E-state index in [-0.39, 0.29) is 24.0 Å². The molecule has 0 bridgehead atoms. The molecule has 1 aliphatic carbocycles. The largest absolute Gasteiger partial charge is 0.356 e. The van der Waals surface area contributed by atoms with Crippen LogP contribution in [0, 0.1) is 11.8 Å². The number of aliphatic imine (C=N–C) groups is 1. The van der Waals surface area contributed by atoms with Gasteiger partial charge in [0.1, 0.15) is 0 Å². The minimum absolute atomic E-state index is 0. The van der Waals surface area contributed by atoms with E-state index in [9.17, 15) is 0 Å². The third kappa shape index (κ3) is 4.99. The summed E-state index contributed by atoms with van der Waals surface area (Å²) in [6.45, 7) is 8.05. The van der Waals surface area contributed by atoms with Crippen LogP contribution in [-0.2, 0) is 0 Å². The molecule has 0 aromatic carbocycles. The maximum absolute atomic E-state index is 4.46. The minimum atomic E-state index is 0. The first-order chi connectivity index (χ1) is 8.70. The molecule has 1 N–H and O–H groups in total. The Labute approximate surface area is 139 Å². The van der Waals surface area contributed by atoms with Gasteiger partial charge in [0, 0.05) is 37.7 Å². The van der Waals surface area contributed by atoms with E-state index < -0.39 is 0 Å². The highest BCUT2D eigenvalue weighted by molar-refractivity contribution is 14.0. The fourth-order valence-electron chi connectivity index (χ4n) is 2.54. The first kappa shape index (κ1) is 17.4. The molecule has 2 fully saturated rings. The molecule has 2 rings (SSSR count). The smallest absolute Gasteiger partial charge is 0.193 e. The first-order valence-electron chi connectivity index (χ1n) is 7.28. The molecule has 2 aliphatic rings. The Kier molecular flexibility index (Phi) is 7.87. The number of rotatable bonds is 3. The van der Waals surface area contributed by atoms with Crippen molar-refractivity contribution in [2.75, 3.05) is 32.4 Å². The number of hydrogen-bond acceptors (Lipinski definition) is 2. The van der Waals surface area contributed by atoms with Crippen LogP contribution in [0.5, 0.6) is 0 Å². The van der Waals surface area contributed by atoms with Crippen LogP contribution in [-0.4, -0.2) is 48.5 Å². The van der Waals surface area contributed by atoms with E-state index in [1.165, 1.54) is 25.0 Å². The van der Waals surface area contributed by atoms with E-state index in [1.54, 1.807) is 0 Å². The van der Waals surface area contributed by atoms with Crippen molar-refractivity contribution in [3.8, 4) is 0 Å². The third-order valence-electron chi connectivity index (χ3n) is 4.12. The molecule has 0 spiro atoms. The van der Waals surface area contributed by atoms with Gasteiger partial charge in [-0.15, -0.1) is 24.0 Å². The number of nitrogens with zero attached hydrogens (tertiary/aromatic N) is 2. The number of halogens is 1. The average molecular weight is 397 g/mol. The van der Waals surface area contributed by atoms with Gasteiger partial charge in [0.2, 0.25) is 0 Å². The van der Waals surface area contributed by atoms with Crippen LogP contribution < -0.4 is 5.32 Å². The van der Waals surface area contributed by atoms with Gasteiger partial charge in [0.15, 0.2) is 5.96 Å². The van der Waals surface area contributed by atoms with Crippen molar-refractivity contribution < 1.29 is 0 Å². The van der Waals surface area contributed by atoms with Gasteiger partial charge in [-0.1, -0.05) is 20.3 Å². The van der Waals surface area contributed by atoms with Crippen LogP contribution >= 0.6 is 35.7 Å². The van der Waals surface area contributed by atoms with E-state index in [2.05, 4.69) is 40.8 Å².